The third kappa shape index (κ3) is 3.86. The van der Waals surface area contributed by atoms with Gasteiger partial charge in [-0.05, 0) is 37.0 Å². The van der Waals surface area contributed by atoms with Crippen molar-refractivity contribution in [2.75, 3.05) is 0 Å². The van der Waals surface area contributed by atoms with Gasteiger partial charge in [-0.25, -0.2) is 26.0 Å². The van der Waals surface area contributed by atoms with Crippen LogP contribution in [0.1, 0.15) is 40.0 Å². The van der Waals surface area contributed by atoms with Crippen LogP contribution in [0.4, 0.5) is 17.6 Å². The van der Waals surface area contributed by atoms with E-state index in [1.165, 1.54) is 0 Å². The highest BCUT2D eigenvalue weighted by molar-refractivity contribution is 7.92. The monoisotopic (exact) mass is 432 g/mol. The third-order valence-corrected chi connectivity index (χ3v) is 8.49. The lowest BCUT2D eigenvalue weighted by atomic mass is 9.77. The minimum Gasteiger partial charge on any atom is -0.282 e. The van der Waals surface area contributed by atoms with E-state index in [9.17, 15) is 34.4 Å². The Bertz CT molecular complexity index is 929. The number of hydrogen-bond donors (Lipinski definition) is 1. The number of halogens is 4. The Morgan fingerprint density at radius 1 is 0.889 bits per heavy atom. The largest absolute Gasteiger partial charge is 0.300 e. The van der Waals surface area contributed by atoms with E-state index in [4.69, 9.17) is 4.55 Å². The molecule has 1 aliphatic carbocycles. The molecule has 1 aromatic carbocycles. The topological polar surface area (TPSA) is 88.5 Å². The molecule has 1 unspecified atom stereocenters. The Labute approximate surface area is 155 Å². The Balaban J connectivity index is 2.70. The third-order valence-electron chi connectivity index (χ3n) is 5.23. The summed E-state index contributed by atoms with van der Waals surface area (Å²) in [7, 11) is -10.5. The standard InChI is InChI=1S/C16H20F4O5S2/c1-7(2)9-5-4-8(3)10(6-9)26(21,22)15-11(17)13(19)16(27(23,24)25)14(20)12(15)18/h7-10H,4-6H2,1-3H3,(H,23,24,25)/t8-,9-,10?/m0/s1. The molecular weight excluding hydrogens is 412 g/mol. The van der Waals surface area contributed by atoms with Crippen molar-refractivity contribution in [2.24, 2.45) is 17.8 Å². The SMILES string of the molecule is CC(C)[C@H]1CC[C@H](C)C(S(=O)(=O)c2c(F)c(F)c(S(=O)(=O)O)c(F)c2F)C1. The van der Waals surface area contributed by atoms with E-state index in [2.05, 4.69) is 0 Å². The van der Waals surface area contributed by atoms with Crippen molar-refractivity contribution in [1.82, 2.24) is 0 Å². The number of benzene rings is 1. The summed E-state index contributed by atoms with van der Waals surface area (Å²) in [4.78, 5) is -4.10. The summed E-state index contributed by atoms with van der Waals surface area (Å²) in [6.07, 6.45) is 1.22. The Morgan fingerprint density at radius 2 is 1.33 bits per heavy atom. The van der Waals surface area contributed by atoms with Gasteiger partial charge in [0.25, 0.3) is 0 Å². The molecule has 2 rings (SSSR count). The van der Waals surface area contributed by atoms with Gasteiger partial charge in [-0.15, -0.1) is 0 Å². The predicted octanol–water partition coefficient (Wildman–Crippen LogP) is 3.72. The van der Waals surface area contributed by atoms with Crippen LogP contribution < -0.4 is 0 Å². The fourth-order valence-electron chi connectivity index (χ4n) is 3.57. The quantitative estimate of drug-likeness (QED) is 0.445. The summed E-state index contributed by atoms with van der Waals surface area (Å²) in [5, 5.41) is -1.28. The average Bonchev–Trinajstić information content (AvgIpc) is 2.51. The zero-order valence-corrected chi connectivity index (χ0v) is 16.5. The van der Waals surface area contributed by atoms with E-state index in [1.807, 2.05) is 13.8 Å². The first-order valence-corrected chi connectivity index (χ1v) is 11.3. The molecule has 1 aromatic rings. The van der Waals surface area contributed by atoms with Crippen molar-refractivity contribution in [1.29, 1.82) is 0 Å². The summed E-state index contributed by atoms with van der Waals surface area (Å²) in [5.74, 6) is -10.1. The summed E-state index contributed by atoms with van der Waals surface area (Å²) in [5.41, 5.74) is 0. The first-order valence-electron chi connectivity index (χ1n) is 8.28. The number of sulfone groups is 1. The Hall–Kier alpha value is -1.20. The van der Waals surface area contributed by atoms with Crippen LogP contribution in [-0.2, 0) is 20.0 Å². The second-order valence-corrected chi connectivity index (χ2v) is 10.7. The molecule has 0 amide bonds. The van der Waals surface area contributed by atoms with E-state index in [0.29, 0.717) is 12.8 Å². The maximum atomic E-state index is 14.3. The number of hydrogen-bond acceptors (Lipinski definition) is 4. The molecule has 0 aromatic heterocycles. The molecule has 1 aliphatic rings. The average molecular weight is 432 g/mol. The van der Waals surface area contributed by atoms with E-state index < -0.39 is 64.2 Å². The van der Waals surface area contributed by atoms with E-state index >= 15 is 0 Å². The lowest BCUT2D eigenvalue weighted by molar-refractivity contribution is 0.235. The van der Waals surface area contributed by atoms with Crippen LogP contribution in [0.3, 0.4) is 0 Å². The maximum absolute atomic E-state index is 14.3. The maximum Gasteiger partial charge on any atom is 0.300 e. The summed E-state index contributed by atoms with van der Waals surface area (Å²) in [6, 6.07) is 0. The molecule has 0 spiro atoms. The van der Waals surface area contributed by atoms with Crippen molar-refractivity contribution < 1.29 is 39.0 Å². The van der Waals surface area contributed by atoms with Crippen LogP contribution >= 0.6 is 0 Å². The second kappa shape index (κ2) is 7.32. The van der Waals surface area contributed by atoms with Crippen LogP contribution in [0, 0.1) is 41.0 Å². The Kier molecular flexibility index (Phi) is 5.99. The molecule has 11 heteroatoms. The molecule has 1 fully saturated rings. The molecular formula is C16H20F4O5S2. The van der Waals surface area contributed by atoms with Gasteiger partial charge in [-0.1, -0.05) is 20.8 Å². The molecule has 27 heavy (non-hydrogen) atoms. The van der Waals surface area contributed by atoms with Gasteiger partial charge in [0.05, 0.1) is 5.25 Å². The van der Waals surface area contributed by atoms with Crippen LogP contribution in [0.2, 0.25) is 0 Å². The van der Waals surface area contributed by atoms with Gasteiger partial charge < -0.3 is 0 Å². The van der Waals surface area contributed by atoms with Crippen molar-refractivity contribution in [3.8, 4) is 0 Å². The first kappa shape index (κ1) is 22.1. The second-order valence-electron chi connectivity index (χ2n) is 7.27. The fourth-order valence-corrected chi connectivity index (χ4v) is 6.43. The van der Waals surface area contributed by atoms with Gasteiger partial charge >= 0.3 is 10.1 Å². The van der Waals surface area contributed by atoms with Crippen LogP contribution in [0.5, 0.6) is 0 Å². The molecule has 1 N–H and O–H groups in total. The molecule has 0 aliphatic heterocycles. The lowest BCUT2D eigenvalue weighted by Gasteiger charge is -2.35. The van der Waals surface area contributed by atoms with Crippen molar-refractivity contribution >= 4 is 20.0 Å². The molecule has 5 nitrogen and oxygen atoms in total. The number of rotatable bonds is 4. The van der Waals surface area contributed by atoms with Gasteiger partial charge in [0.2, 0.25) is 0 Å². The fraction of sp³-hybridized carbons (Fsp3) is 0.625. The van der Waals surface area contributed by atoms with Crippen molar-refractivity contribution in [3.63, 3.8) is 0 Å². The molecule has 1 saturated carbocycles. The normalized spacial score (nSPS) is 24.4. The van der Waals surface area contributed by atoms with Gasteiger partial charge in [0.1, 0.15) is 4.90 Å². The van der Waals surface area contributed by atoms with E-state index in [-0.39, 0.29) is 18.3 Å². The van der Waals surface area contributed by atoms with Gasteiger partial charge in [-0.2, -0.15) is 8.42 Å². The minimum atomic E-state index is -5.65. The summed E-state index contributed by atoms with van der Waals surface area (Å²) >= 11 is 0. The van der Waals surface area contributed by atoms with E-state index in [0.717, 1.165) is 0 Å². The molecule has 154 valence electrons. The molecule has 0 radical (unpaired) electrons. The summed E-state index contributed by atoms with van der Waals surface area (Å²) < 4.78 is 113. The van der Waals surface area contributed by atoms with Crippen LogP contribution in [0.15, 0.2) is 9.79 Å². The molecule has 0 heterocycles. The van der Waals surface area contributed by atoms with Crippen molar-refractivity contribution in [2.45, 2.75) is 55.1 Å². The van der Waals surface area contributed by atoms with Gasteiger partial charge in [0, 0.05) is 0 Å². The highest BCUT2D eigenvalue weighted by Gasteiger charge is 2.44. The molecule has 0 saturated heterocycles. The minimum absolute atomic E-state index is 0.0566. The van der Waals surface area contributed by atoms with Crippen LogP contribution in [-0.4, -0.2) is 26.6 Å². The zero-order valence-electron chi connectivity index (χ0n) is 14.8. The lowest BCUT2D eigenvalue weighted by Crippen LogP contribution is -2.37. The molecule has 3 atom stereocenters. The van der Waals surface area contributed by atoms with Gasteiger partial charge in [-0.3, -0.25) is 4.55 Å². The smallest absolute Gasteiger partial charge is 0.282 e. The highest BCUT2D eigenvalue weighted by atomic mass is 32.2. The first-order chi connectivity index (χ1) is 12.2. The van der Waals surface area contributed by atoms with Crippen molar-refractivity contribution in [3.05, 3.63) is 23.3 Å². The zero-order chi connectivity index (χ0) is 20.9. The van der Waals surface area contributed by atoms with Crippen LogP contribution in [0.25, 0.3) is 0 Å². The van der Waals surface area contributed by atoms with E-state index in [1.54, 1.807) is 6.92 Å². The predicted molar refractivity (Wildman–Crippen MR) is 88.4 cm³/mol. The highest BCUT2D eigenvalue weighted by Crippen LogP contribution is 2.41. The summed E-state index contributed by atoms with van der Waals surface area (Å²) in [6.45, 7) is 5.30. The Morgan fingerprint density at radius 3 is 1.74 bits per heavy atom. The molecule has 0 bridgehead atoms. The van der Waals surface area contributed by atoms with Gasteiger partial charge in [0.15, 0.2) is 38.0 Å².